The van der Waals surface area contributed by atoms with Crippen LogP contribution in [0.5, 0.6) is 5.75 Å². The summed E-state index contributed by atoms with van der Waals surface area (Å²) in [6, 6.07) is 7.51. The number of ether oxygens (including phenoxy) is 1. The van der Waals surface area contributed by atoms with Crippen molar-refractivity contribution in [2.45, 2.75) is 25.8 Å². The molecule has 0 aromatic heterocycles. The molecular weight excluding hydrogens is 282 g/mol. The molecule has 1 aromatic rings. The number of carbonyl (C=O) groups excluding carboxylic acids is 1. The van der Waals surface area contributed by atoms with Gasteiger partial charge in [-0.2, -0.15) is 0 Å². The number of carboxylic acid groups (broad SMARTS) is 1. The van der Waals surface area contributed by atoms with Gasteiger partial charge in [-0.15, -0.1) is 0 Å². The lowest BCUT2D eigenvalue weighted by Crippen LogP contribution is -2.41. The largest absolute Gasteiger partial charge is 0.496 e. The topological polar surface area (TPSA) is 75.6 Å². The molecule has 4 atom stereocenters. The van der Waals surface area contributed by atoms with E-state index in [2.05, 4.69) is 5.32 Å². The Bertz CT molecular complexity index is 586. The minimum Gasteiger partial charge on any atom is -0.496 e. The van der Waals surface area contributed by atoms with Crippen LogP contribution >= 0.6 is 0 Å². The van der Waals surface area contributed by atoms with Gasteiger partial charge in [0.05, 0.1) is 18.9 Å². The molecule has 3 rings (SSSR count). The van der Waals surface area contributed by atoms with Crippen molar-refractivity contribution in [3.8, 4) is 5.75 Å². The van der Waals surface area contributed by atoms with Gasteiger partial charge in [0, 0.05) is 12.1 Å². The molecule has 5 heteroatoms. The molecule has 2 aliphatic rings. The van der Waals surface area contributed by atoms with Crippen LogP contribution in [0.2, 0.25) is 0 Å². The van der Waals surface area contributed by atoms with Crippen molar-refractivity contribution in [1.82, 2.24) is 5.32 Å². The van der Waals surface area contributed by atoms with E-state index in [9.17, 15) is 14.7 Å². The standard InChI is InChI=1S/C17H21NO4/c1-22-13-5-3-2-4-12(13)9-18-16(19)14-10-6-7-11(8-10)15(14)17(20)21/h2-5,10-11,14-15H,6-9H2,1H3,(H,18,19)(H,20,21)/t10-,11-,14-,15+/m0/s1. The molecule has 118 valence electrons. The van der Waals surface area contributed by atoms with E-state index in [0.717, 1.165) is 30.6 Å². The van der Waals surface area contributed by atoms with Crippen LogP contribution in [0.4, 0.5) is 0 Å². The first-order valence-electron chi connectivity index (χ1n) is 7.74. The molecule has 0 aliphatic heterocycles. The van der Waals surface area contributed by atoms with Crippen LogP contribution in [-0.4, -0.2) is 24.1 Å². The lowest BCUT2D eigenvalue weighted by atomic mass is 9.78. The van der Waals surface area contributed by atoms with E-state index < -0.39 is 11.9 Å². The third-order valence-corrected chi connectivity index (χ3v) is 5.15. The summed E-state index contributed by atoms with van der Waals surface area (Å²) in [6.45, 7) is 0.364. The third-order valence-electron chi connectivity index (χ3n) is 5.15. The number of amides is 1. The van der Waals surface area contributed by atoms with Gasteiger partial charge in [0.25, 0.3) is 0 Å². The number of fused-ring (bicyclic) bond motifs is 2. The van der Waals surface area contributed by atoms with E-state index in [4.69, 9.17) is 4.74 Å². The normalized spacial score (nSPS) is 29.3. The van der Waals surface area contributed by atoms with Gasteiger partial charge in [0.2, 0.25) is 5.91 Å². The predicted octanol–water partition coefficient (Wildman–Crippen LogP) is 2.06. The molecule has 2 saturated carbocycles. The Morgan fingerprint density at radius 2 is 1.91 bits per heavy atom. The number of benzene rings is 1. The predicted molar refractivity (Wildman–Crippen MR) is 80.3 cm³/mol. The monoisotopic (exact) mass is 303 g/mol. The zero-order valence-electron chi connectivity index (χ0n) is 12.6. The number of nitrogens with one attached hydrogen (secondary N) is 1. The Labute approximate surface area is 129 Å². The molecule has 0 spiro atoms. The van der Waals surface area contributed by atoms with E-state index in [1.54, 1.807) is 7.11 Å². The first-order valence-corrected chi connectivity index (χ1v) is 7.74. The molecule has 0 unspecified atom stereocenters. The number of hydrogen-bond acceptors (Lipinski definition) is 3. The van der Waals surface area contributed by atoms with Crippen molar-refractivity contribution in [3.05, 3.63) is 29.8 Å². The van der Waals surface area contributed by atoms with E-state index in [-0.39, 0.29) is 23.7 Å². The molecule has 2 fully saturated rings. The maximum Gasteiger partial charge on any atom is 0.307 e. The maximum atomic E-state index is 12.5. The van der Waals surface area contributed by atoms with Gasteiger partial charge in [0.1, 0.15) is 5.75 Å². The summed E-state index contributed by atoms with van der Waals surface area (Å²) in [5, 5.41) is 12.3. The van der Waals surface area contributed by atoms with Gasteiger partial charge in [-0.3, -0.25) is 9.59 Å². The van der Waals surface area contributed by atoms with Crippen LogP contribution in [0, 0.1) is 23.7 Å². The fraction of sp³-hybridized carbons (Fsp3) is 0.529. The van der Waals surface area contributed by atoms with E-state index >= 15 is 0 Å². The van der Waals surface area contributed by atoms with E-state index in [1.807, 2.05) is 24.3 Å². The molecule has 0 heterocycles. The van der Waals surface area contributed by atoms with Crippen molar-refractivity contribution in [2.75, 3.05) is 7.11 Å². The molecule has 2 aliphatic carbocycles. The van der Waals surface area contributed by atoms with Crippen molar-refractivity contribution in [3.63, 3.8) is 0 Å². The molecule has 22 heavy (non-hydrogen) atoms. The van der Waals surface area contributed by atoms with Crippen LogP contribution in [0.15, 0.2) is 24.3 Å². The van der Waals surface area contributed by atoms with Crippen LogP contribution < -0.4 is 10.1 Å². The first kappa shape index (κ1) is 14.9. The maximum absolute atomic E-state index is 12.5. The van der Waals surface area contributed by atoms with Gasteiger partial charge < -0.3 is 15.2 Å². The highest BCUT2D eigenvalue weighted by Crippen LogP contribution is 2.52. The quantitative estimate of drug-likeness (QED) is 0.873. The molecule has 2 N–H and O–H groups in total. The molecule has 1 amide bonds. The summed E-state index contributed by atoms with van der Waals surface area (Å²) in [5.74, 6) is -0.740. The van der Waals surface area contributed by atoms with Gasteiger partial charge in [0.15, 0.2) is 0 Å². The average Bonchev–Trinajstić information content (AvgIpc) is 3.13. The summed E-state index contributed by atoms with van der Waals surface area (Å²) < 4.78 is 5.27. The number of para-hydroxylation sites is 1. The Kier molecular flexibility index (Phi) is 4.05. The minimum atomic E-state index is -0.829. The lowest BCUT2D eigenvalue weighted by molar-refractivity contribution is -0.149. The summed E-state index contributed by atoms with van der Waals surface area (Å²) in [7, 11) is 1.59. The van der Waals surface area contributed by atoms with Crippen molar-refractivity contribution in [1.29, 1.82) is 0 Å². The summed E-state index contributed by atoms with van der Waals surface area (Å²) >= 11 is 0. The number of hydrogen-bond donors (Lipinski definition) is 2. The molecule has 0 saturated heterocycles. The van der Waals surface area contributed by atoms with Crippen LogP contribution in [0.1, 0.15) is 24.8 Å². The van der Waals surface area contributed by atoms with Gasteiger partial charge in [-0.1, -0.05) is 18.2 Å². The molecule has 5 nitrogen and oxygen atoms in total. The van der Waals surface area contributed by atoms with E-state index in [0.29, 0.717) is 6.54 Å². The number of aliphatic carboxylic acids is 1. The number of rotatable bonds is 5. The van der Waals surface area contributed by atoms with Crippen molar-refractivity contribution < 1.29 is 19.4 Å². The summed E-state index contributed by atoms with van der Waals surface area (Å²) in [6.07, 6.45) is 2.79. The summed E-state index contributed by atoms with van der Waals surface area (Å²) in [5.41, 5.74) is 0.897. The van der Waals surface area contributed by atoms with Gasteiger partial charge >= 0.3 is 5.97 Å². The number of carboxylic acids is 1. The van der Waals surface area contributed by atoms with Gasteiger partial charge in [-0.05, 0) is 37.2 Å². The Morgan fingerprint density at radius 1 is 1.23 bits per heavy atom. The van der Waals surface area contributed by atoms with Gasteiger partial charge in [-0.25, -0.2) is 0 Å². The van der Waals surface area contributed by atoms with Crippen LogP contribution in [-0.2, 0) is 16.1 Å². The second kappa shape index (κ2) is 5.99. The SMILES string of the molecule is COc1ccccc1CNC(=O)[C@H]1[C@H]2CC[C@@H](C2)[C@H]1C(=O)O. The van der Waals surface area contributed by atoms with Crippen molar-refractivity contribution in [2.24, 2.45) is 23.7 Å². The molecule has 2 bridgehead atoms. The van der Waals surface area contributed by atoms with E-state index in [1.165, 1.54) is 0 Å². The van der Waals surface area contributed by atoms with Crippen LogP contribution in [0.25, 0.3) is 0 Å². The average molecular weight is 303 g/mol. The third kappa shape index (κ3) is 2.56. The first-order chi connectivity index (χ1) is 10.6. The smallest absolute Gasteiger partial charge is 0.307 e. The van der Waals surface area contributed by atoms with Crippen LogP contribution in [0.3, 0.4) is 0 Å². The second-order valence-electron chi connectivity index (χ2n) is 6.25. The summed E-state index contributed by atoms with van der Waals surface area (Å²) in [4.78, 5) is 24.0. The lowest BCUT2D eigenvalue weighted by Gasteiger charge is -2.27. The Hall–Kier alpha value is -2.04. The Morgan fingerprint density at radius 3 is 2.59 bits per heavy atom. The van der Waals surface area contributed by atoms with Crippen molar-refractivity contribution >= 4 is 11.9 Å². The molecule has 0 radical (unpaired) electrons. The number of methoxy groups -OCH3 is 1. The fourth-order valence-corrected chi connectivity index (χ4v) is 4.17. The minimum absolute atomic E-state index is 0.134. The Balaban J connectivity index is 1.68. The second-order valence-corrected chi connectivity index (χ2v) is 6.25. The highest BCUT2D eigenvalue weighted by molar-refractivity contribution is 5.86. The molecular formula is C17H21NO4. The zero-order valence-corrected chi connectivity index (χ0v) is 12.6. The molecule has 1 aromatic carbocycles. The highest BCUT2D eigenvalue weighted by Gasteiger charge is 2.53. The highest BCUT2D eigenvalue weighted by atomic mass is 16.5. The number of carbonyl (C=O) groups is 2. The fourth-order valence-electron chi connectivity index (χ4n) is 4.17. The zero-order chi connectivity index (χ0) is 15.7.